The van der Waals surface area contributed by atoms with Gasteiger partial charge in [-0.2, -0.15) is 13.2 Å². The molecule has 0 radical (unpaired) electrons. The van der Waals surface area contributed by atoms with Crippen molar-refractivity contribution in [3.63, 3.8) is 0 Å². The Balaban J connectivity index is 1.64. The number of fused-ring (bicyclic) bond motifs is 3. The molecule has 8 heteroatoms. The van der Waals surface area contributed by atoms with Gasteiger partial charge in [0.2, 0.25) is 5.91 Å². The van der Waals surface area contributed by atoms with Gasteiger partial charge in [0, 0.05) is 37.6 Å². The summed E-state index contributed by atoms with van der Waals surface area (Å²) in [4.78, 5) is 17.5. The number of methoxy groups -OCH3 is 1. The normalized spacial score (nSPS) is 20.3. The Morgan fingerprint density at radius 1 is 1.15 bits per heavy atom. The molecule has 0 unspecified atom stereocenters. The smallest absolute Gasteiger partial charge is 0.416 e. The highest BCUT2D eigenvalue weighted by atomic mass is 19.4. The number of piperazine rings is 1. The first-order chi connectivity index (χ1) is 15.7. The fourth-order valence-electron chi connectivity index (χ4n) is 4.76. The van der Waals surface area contributed by atoms with Gasteiger partial charge in [0.05, 0.1) is 24.6 Å². The van der Waals surface area contributed by atoms with E-state index in [0.717, 1.165) is 23.2 Å². The van der Waals surface area contributed by atoms with Crippen LogP contribution in [0.3, 0.4) is 0 Å². The van der Waals surface area contributed by atoms with Crippen LogP contribution in [0.15, 0.2) is 42.5 Å². The molecule has 33 heavy (non-hydrogen) atoms. The van der Waals surface area contributed by atoms with Crippen molar-refractivity contribution in [2.75, 3.05) is 43.1 Å². The molecule has 0 aliphatic carbocycles. The lowest BCUT2D eigenvalue weighted by atomic mass is 9.82. The van der Waals surface area contributed by atoms with E-state index in [1.54, 1.807) is 13.2 Å². The van der Waals surface area contributed by atoms with Gasteiger partial charge in [-0.25, -0.2) is 0 Å². The third-order valence-corrected chi connectivity index (χ3v) is 6.50. The first kappa shape index (κ1) is 23.3. The minimum absolute atomic E-state index is 0.0988. The zero-order chi connectivity index (χ0) is 23.8. The van der Waals surface area contributed by atoms with Gasteiger partial charge in [0.1, 0.15) is 5.75 Å². The molecule has 1 fully saturated rings. The Morgan fingerprint density at radius 2 is 1.88 bits per heavy atom. The molecular weight excluding hydrogens is 431 g/mol. The molecule has 178 valence electrons. The number of hydrogen-bond donors (Lipinski definition) is 1. The van der Waals surface area contributed by atoms with Gasteiger partial charge >= 0.3 is 6.18 Å². The van der Waals surface area contributed by atoms with Gasteiger partial charge in [-0.3, -0.25) is 4.79 Å². The lowest BCUT2D eigenvalue weighted by molar-refractivity contribution is -0.137. The molecule has 5 nitrogen and oxygen atoms in total. The molecule has 2 heterocycles. The second-order valence-corrected chi connectivity index (χ2v) is 9.20. The predicted molar refractivity (Wildman–Crippen MR) is 123 cm³/mol. The van der Waals surface area contributed by atoms with Gasteiger partial charge in [0.15, 0.2) is 0 Å². The summed E-state index contributed by atoms with van der Waals surface area (Å²) in [6.07, 6.45) is -4.12. The topological polar surface area (TPSA) is 44.8 Å². The van der Waals surface area contributed by atoms with Crippen LogP contribution in [0.25, 0.3) is 0 Å². The number of halogens is 3. The van der Waals surface area contributed by atoms with E-state index >= 15 is 0 Å². The average Bonchev–Trinajstić information content (AvgIpc) is 2.80. The quantitative estimate of drug-likeness (QED) is 0.719. The van der Waals surface area contributed by atoms with Crippen molar-refractivity contribution in [3.05, 3.63) is 53.6 Å². The molecule has 0 bridgehead atoms. The van der Waals surface area contributed by atoms with Gasteiger partial charge in [-0.15, -0.1) is 0 Å². The molecule has 1 amide bonds. The maximum absolute atomic E-state index is 13.3. The van der Waals surface area contributed by atoms with Crippen LogP contribution in [-0.4, -0.2) is 45.2 Å². The molecular formula is C25H30F3N3O2. The van der Waals surface area contributed by atoms with Crippen molar-refractivity contribution in [2.24, 2.45) is 11.8 Å². The second kappa shape index (κ2) is 9.15. The van der Waals surface area contributed by atoms with Gasteiger partial charge in [-0.05, 0) is 60.4 Å². The Hall–Kier alpha value is -2.90. The molecule has 2 aliphatic heterocycles. The number of carbonyl (C=O) groups is 1. The van der Waals surface area contributed by atoms with Crippen LogP contribution in [0, 0.1) is 11.8 Å². The van der Waals surface area contributed by atoms with Crippen LogP contribution in [0.2, 0.25) is 0 Å². The SMILES string of the molecule is COc1ccc(N2CCN3c4ccc(C(F)(F)F)cc4C[C@@H](C(=O)NCC(C)C)[C@H]3C2)cc1. The van der Waals surface area contributed by atoms with E-state index in [1.807, 2.05) is 38.1 Å². The summed E-state index contributed by atoms with van der Waals surface area (Å²) in [5.74, 6) is 0.537. The molecule has 2 aliphatic rings. The van der Waals surface area contributed by atoms with Crippen molar-refractivity contribution in [1.82, 2.24) is 5.32 Å². The van der Waals surface area contributed by atoms with E-state index in [0.29, 0.717) is 44.1 Å². The zero-order valence-corrected chi connectivity index (χ0v) is 19.2. The number of ether oxygens (including phenoxy) is 1. The summed E-state index contributed by atoms with van der Waals surface area (Å²) in [5.41, 5.74) is 1.76. The van der Waals surface area contributed by atoms with Crippen LogP contribution in [-0.2, 0) is 17.4 Å². The first-order valence-corrected chi connectivity index (χ1v) is 11.3. The minimum atomic E-state index is -4.41. The number of carbonyl (C=O) groups excluding carboxylic acids is 1. The summed E-state index contributed by atoms with van der Waals surface area (Å²) < 4.78 is 45.3. The number of hydrogen-bond acceptors (Lipinski definition) is 4. The number of anilines is 2. The lowest BCUT2D eigenvalue weighted by Crippen LogP contribution is -2.61. The van der Waals surface area contributed by atoms with Crippen molar-refractivity contribution in [2.45, 2.75) is 32.5 Å². The summed E-state index contributed by atoms with van der Waals surface area (Å²) >= 11 is 0. The largest absolute Gasteiger partial charge is 0.497 e. The number of benzene rings is 2. The summed E-state index contributed by atoms with van der Waals surface area (Å²) in [6, 6.07) is 11.6. The van der Waals surface area contributed by atoms with Crippen molar-refractivity contribution in [1.29, 1.82) is 0 Å². The fourth-order valence-corrected chi connectivity index (χ4v) is 4.76. The van der Waals surface area contributed by atoms with Crippen LogP contribution < -0.4 is 19.9 Å². The zero-order valence-electron chi connectivity index (χ0n) is 19.2. The van der Waals surface area contributed by atoms with Crippen LogP contribution in [0.5, 0.6) is 5.75 Å². The predicted octanol–water partition coefficient (Wildman–Crippen LogP) is 4.35. The van der Waals surface area contributed by atoms with Crippen molar-refractivity contribution >= 4 is 17.3 Å². The molecule has 2 aromatic carbocycles. The first-order valence-electron chi connectivity index (χ1n) is 11.3. The fraction of sp³-hybridized carbons (Fsp3) is 0.480. The Kier molecular flexibility index (Phi) is 6.45. The van der Waals surface area contributed by atoms with E-state index < -0.39 is 17.7 Å². The summed E-state index contributed by atoms with van der Waals surface area (Å²) in [7, 11) is 1.62. The standard InChI is InChI=1S/C25H30F3N3O2/c1-16(2)14-29-24(32)21-13-17-12-18(25(26,27)28)4-9-22(17)31-11-10-30(15-23(21)31)19-5-7-20(33-3)8-6-19/h4-9,12,16,21,23H,10-11,13-15H2,1-3H3,(H,29,32)/t21-,23-/m1/s1. The Morgan fingerprint density at radius 3 is 2.52 bits per heavy atom. The third-order valence-electron chi connectivity index (χ3n) is 6.50. The van der Waals surface area contributed by atoms with Crippen LogP contribution >= 0.6 is 0 Å². The molecule has 2 atom stereocenters. The van der Waals surface area contributed by atoms with E-state index in [1.165, 1.54) is 6.07 Å². The van der Waals surface area contributed by atoms with Crippen molar-refractivity contribution in [3.8, 4) is 5.75 Å². The molecule has 1 saturated heterocycles. The highest BCUT2D eigenvalue weighted by molar-refractivity contribution is 5.82. The number of rotatable bonds is 5. The van der Waals surface area contributed by atoms with Gasteiger partial charge < -0.3 is 19.9 Å². The van der Waals surface area contributed by atoms with E-state index in [9.17, 15) is 18.0 Å². The highest BCUT2D eigenvalue weighted by Crippen LogP contribution is 2.40. The highest BCUT2D eigenvalue weighted by Gasteiger charge is 2.42. The Labute approximate surface area is 192 Å². The lowest BCUT2D eigenvalue weighted by Gasteiger charge is -2.49. The van der Waals surface area contributed by atoms with Gasteiger partial charge in [0.25, 0.3) is 0 Å². The van der Waals surface area contributed by atoms with E-state index in [-0.39, 0.29) is 11.9 Å². The number of nitrogens with one attached hydrogen (secondary N) is 1. The van der Waals surface area contributed by atoms with Crippen molar-refractivity contribution < 1.29 is 22.7 Å². The molecule has 1 N–H and O–H groups in total. The average molecular weight is 462 g/mol. The number of alkyl halides is 3. The third kappa shape index (κ3) is 4.89. The molecule has 0 spiro atoms. The molecule has 2 aromatic rings. The maximum Gasteiger partial charge on any atom is 0.416 e. The molecule has 4 rings (SSSR count). The number of amides is 1. The minimum Gasteiger partial charge on any atom is -0.497 e. The maximum atomic E-state index is 13.3. The molecule has 0 aromatic heterocycles. The van der Waals surface area contributed by atoms with E-state index in [2.05, 4.69) is 15.1 Å². The Bertz CT molecular complexity index is 991. The summed E-state index contributed by atoms with van der Waals surface area (Å²) in [6.45, 7) is 6.54. The summed E-state index contributed by atoms with van der Waals surface area (Å²) in [5, 5.41) is 3.01. The van der Waals surface area contributed by atoms with E-state index in [4.69, 9.17) is 4.74 Å². The second-order valence-electron chi connectivity index (χ2n) is 9.20. The van der Waals surface area contributed by atoms with Crippen LogP contribution in [0.1, 0.15) is 25.0 Å². The molecule has 0 saturated carbocycles. The monoisotopic (exact) mass is 461 g/mol. The van der Waals surface area contributed by atoms with Gasteiger partial charge in [-0.1, -0.05) is 13.8 Å². The van der Waals surface area contributed by atoms with Crippen LogP contribution in [0.4, 0.5) is 24.5 Å². The number of nitrogens with zero attached hydrogens (tertiary/aromatic N) is 2.